The molecule has 154 valence electrons. The average Bonchev–Trinajstić information content (AvgIpc) is 2.67. The highest BCUT2D eigenvalue weighted by atomic mass is 32.1. The molecule has 7 heteroatoms. The van der Waals surface area contributed by atoms with E-state index in [0.29, 0.717) is 34.5 Å². The minimum absolute atomic E-state index is 0.00264. The Hall–Kier alpha value is -2.28. The van der Waals surface area contributed by atoms with E-state index in [1.165, 1.54) is 0 Å². The first-order valence-corrected chi connectivity index (χ1v) is 9.98. The Bertz CT molecular complexity index is 751. The summed E-state index contributed by atoms with van der Waals surface area (Å²) in [6, 6.07) is 3.38. The van der Waals surface area contributed by atoms with Gasteiger partial charge in [-0.3, -0.25) is 4.79 Å². The van der Waals surface area contributed by atoms with Crippen molar-refractivity contribution in [2.45, 2.75) is 46.6 Å². The average molecular weight is 407 g/mol. The second-order valence-corrected chi connectivity index (χ2v) is 7.08. The van der Waals surface area contributed by atoms with E-state index in [4.69, 9.17) is 26.4 Å². The molecule has 1 unspecified atom stereocenters. The number of nitrogens with zero attached hydrogens (tertiary/aromatic N) is 1. The smallest absolute Gasteiger partial charge is 0.203 e. The van der Waals surface area contributed by atoms with E-state index in [1.54, 1.807) is 21.1 Å². The van der Waals surface area contributed by atoms with Crippen LogP contribution in [0.1, 0.15) is 52.1 Å². The fourth-order valence-electron chi connectivity index (χ4n) is 3.39. The first-order chi connectivity index (χ1) is 13.4. The van der Waals surface area contributed by atoms with Crippen molar-refractivity contribution >= 4 is 23.1 Å². The van der Waals surface area contributed by atoms with E-state index in [2.05, 4.69) is 12.2 Å². The number of Topliss-reactive ketones (excluding diaryl/α,β-unsaturated/α-hetero) is 1. The summed E-state index contributed by atoms with van der Waals surface area (Å²) in [5.41, 5.74) is 2.40. The molecule has 0 saturated carbocycles. The maximum Gasteiger partial charge on any atom is 0.203 e. The van der Waals surface area contributed by atoms with Crippen molar-refractivity contribution in [3.8, 4) is 17.2 Å². The van der Waals surface area contributed by atoms with Gasteiger partial charge < -0.3 is 24.4 Å². The van der Waals surface area contributed by atoms with Crippen molar-refractivity contribution in [3.05, 3.63) is 29.0 Å². The molecule has 1 aliphatic rings. The number of carbonyl (C=O) groups excluding carboxylic acids is 1. The number of thiocarbonyl (C=S) groups is 1. The third-order valence-corrected chi connectivity index (χ3v) is 5.03. The summed E-state index contributed by atoms with van der Waals surface area (Å²) in [5, 5.41) is 3.93. The van der Waals surface area contributed by atoms with Gasteiger partial charge in [-0.1, -0.05) is 13.8 Å². The number of ether oxygens (including phenoxy) is 3. The van der Waals surface area contributed by atoms with E-state index < -0.39 is 0 Å². The van der Waals surface area contributed by atoms with Gasteiger partial charge in [-0.05, 0) is 56.6 Å². The molecule has 1 atom stereocenters. The molecule has 1 aliphatic heterocycles. The Morgan fingerprint density at radius 1 is 1.18 bits per heavy atom. The number of ketones is 1. The van der Waals surface area contributed by atoms with Crippen LogP contribution in [0.25, 0.3) is 0 Å². The van der Waals surface area contributed by atoms with Crippen LogP contribution in [-0.2, 0) is 4.79 Å². The van der Waals surface area contributed by atoms with Gasteiger partial charge >= 0.3 is 0 Å². The molecule has 1 N–H and O–H groups in total. The predicted molar refractivity (Wildman–Crippen MR) is 114 cm³/mol. The lowest BCUT2D eigenvalue weighted by Crippen LogP contribution is -2.47. The number of methoxy groups -OCH3 is 2. The maximum absolute atomic E-state index is 12.5. The van der Waals surface area contributed by atoms with Gasteiger partial charge in [-0.25, -0.2) is 0 Å². The van der Waals surface area contributed by atoms with Crippen molar-refractivity contribution in [3.63, 3.8) is 0 Å². The molecule has 0 amide bonds. The Morgan fingerprint density at radius 2 is 1.79 bits per heavy atom. The summed E-state index contributed by atoms with van der Waals surface area (Å²) in [4.78, 5) is 14.5. The number of rotatable bonds is 9. The SMILES string of the molecule is CCCOc1c(OC)cc(C2NC(=S)N(CCC)C(C)=C2C(C)=O)cc1OC. The number of hydrogen-bond acceptors (Lipinski definition) is 5. The minimum atomic E-state index is -0.374. The number of nitrogens with one attached hydrogen (secondary N) is 1. The van der Waals surface area contributed by atoms with Gasteiger partial charge in [0.25, 0.3) is 0 Å². The third kappa shape index (κ3) is 4.41. The van der Waals surface area contributed by atoms with Gasteiger partial charge in [0.05, 0.1) is 26.9 Å². The van der Waals surface area contributed by atoms with E-state index >= 15 is 0 Å². The highest BCUT2D eigenvalue weighted by Gasteiger charge is 2.33. The first kappa shape index (κ1) is 22.0. The van der Waals surface area contributed by atoms with Crippen molar-refractivity contribution in [2.24, 2.45) is 0 Å². The number of hydrogen-bond donors (Lipinski definition) is 1. The molecule has 0 saturated heterocycles. The molecule has 0 aromatic heterocycles. The van der Waals surface area contributed by atoms with Crippen LogP contribution in [0.5, 0.6) is 17.2 Å². The van der Waals surface area contributed by atoms with E-state index in [1.807, 2.05) is 30.9 Å². The van der Waals surface area contributed by atoms with Gasteiger partial charge in [0.2, 0.25) is 5.75 Å². The molecule has 1 aromatic rings. The highest BCUT2D eigenvalue weighted by molar-refractivity contribution is 7.80. The third-order valence-electron chi connectivity index (χ3n) is 4.69. The summed E-state index contributed by atoms with van der Waals surface area (Å²) in [6.07, 6.45) is 1.80. The van der Waals surface area contributed by atoms with Crippen molar-refractivity contribution in [1.29, 1.82) is 0 Å². The van der Waals surface area contributed by atoms with Crippen molar-refractivity contribution < 1.29 is 19.0 Å². The van der Waals surface area contributed by atoms with Crippen molar-refractivity contribution in [2.75, 3.05) is 27.4 Å². The van der Waals surface area contributed by atoms with Gasteiger partial charge in [0, 0.05) is 17.8 Å². The van der Waals surface area contributed by atoms with Crippen LogP contribution in [0, 0.1) is 0 Å². The number of carbonyl (C=O) groups is 1. The maximum atomic E-state index is 12.5. The Kier molecular flexibility index (Phi) is 7.69. The zero-order valence-corrected chi connectivity index (χ0v) is 18.4. The highest BCUT2D eigenvalue weighted by Crippen LogP contribution is 2.42. The van der Waals surface area contributed by atoms with E-state index in [9.17, 15) is 4.79 Å². The fraction of sp³-hybridized carbons (Fsp3) is 0.524. The molecule has 6 nitrogen and oxygen atoms in total. The van der Waals surface area contributed by atoms with Crippen LogP contribution >= 0.6 is 12.2 Å². The lowest BCUT2D eigenvalue weighted by atomic mass is 9.92. The second-order valence-electron chi connectivity index (χ2n) is 6.69. The molecule has 0 spiro atoms. The van der Waals surface area contributed by atoms with Crippen LogP contribution in [-0.4, -0.2) is 43.2 Å². The zero-order valence-electron chi connectivity index (χ0n) is 17.5. The van der Waals surface area contributed by atoms with Gasteiger partial charge in [-0.2, -0.15) is 0 Å². The number of allylic oxidation sites excluding steroid dienone is 1. The van der Waals surface area contributed by atoms with E-state index in [0.717, 1.165) is 30.6 Å². The second kappa shape index (κ2) is 9.78. The molecule has 0 bridgehead atoms. The molecule has 0 fully saturated rings. The summed E-state index contributed by atoms with van der Waals surface area (Å²) in [7, 11) is 3.18. The minimum Gasteiger partial charge on any atom is -0.493 e. The summed E-state index contributed by atoms with van der Waals surface area (Å²) >= 11 is 5.57. The molecule has 0 aliphatic carbocycles. The quantitative estimate of drug-likeness (QED) is 0.622. The van der Waals surface area contributed by atoms with Crippen LogP contribution < -0.4 is 19.5 Å². The van der Waals surface area contributed by atoms with Crippen LogP contribution in [0.4, 0.5) is 0 Å². The molecule has 2 rings (SSSR count). The lowest BCUT2D eigenvalue weighted by Gasteiger charge is -2.37. The molecular weight excluding hydrogens is 376 g/mol. The fourth-order valence-corrected chi connectivity index (χ4v) is 3.74. The van der Waals surface area contributed by atoms with Crippen molar-refractivity contribution in [1.82, 2.24) is 10.2 Å². The summed E-state index contributed by atoms with van der Waals surface area (Å²) in [5.74, 6) is 1.69. The Morgan fingerprint density at radius 3 is 2.25 bits per heavy atom. The topological polar surface area (TPSA) is 60.0 Å². The zero-order chi connectivity index (χ0) is 20.8. The molecule has 1 aromatic carbocycles. The number of benzene rings is 1. The van der Waals surface area contributed by atoms with Gasteiger partial charge in [0.1, 0.15) is 0 Å². The normalized spacial score (nSPS) is 16.7. The van der Waals surface area contributed by atoms with Gasteiger partial charge in [-0.15, -0.1) is 0 Å². The lowest BCUT2D eigenvalue weighted by molar-refractivity contribution is -0.114. The van der Waals surface area contributed by atoms with Gasteiger partial charge in [0.15, 0.2) is 22.4 Å². The summed E-state index contributed by atoms with van der Waals surface area (Å²) < 4.78 is 16.9. The monoisotopic (exact) mass is 406 g/mol. The van der Waals surface area contributed by atoms with Crippen LogP contribution in [0.3, 0.4) is 0 Å². The molecular formula is C21H30N2O4S. The standard InChI is InChI=1S/C21H30N2O4S/c1-7-9-23-13(3)18(14(4)24)19(22-21(23)28)15-11-16(25-5)20(27-10-8-2)17(12-15)26-6/h11-12,19H,7-10H2,1-6H3,(H,22,28). The van der Waals surface area contributed by atoms with Crippen LogP contribution in [0.2, 0.25) is 0 Å². The summed E-state index contributed by atoms with van der Waals surface area (Å²) in [6.45, 7) is 8.97. The largest absolute Gasteiger partial charge is 0.493 e. The molecule has 28 heavy (non-hydrogen) atoms. The van der Waals surface area contributed by atoms with E-state index in [-0.39, 0.29) is 11.8 Å². The first-order valence-electron chi connectivity index (χ1n) is 9.57. The molecule has 1 heterocycles. The predicted octanol–water partition coefficient (Wildman–Crippen LogP) is 4.00. The van der Waals surface area contributed by atoms with Crippen LogP contribution in [0.15, 0.2) is 23.4 Å². The Balaban J connectivity index is 2.58. The molecule has 0 radical (unpaired) electrons. The Labute approximate surface area is 172 Å².